The van der Waals surface area contributed by atoms with Crippen LogP contribution in [0.3, 0.4) is 0 Å². The lowest BCUT2D eigenvalue weighted by Crippen LogP contribution is -2.13. The van der Waals surface area contributed by atoms with Crippen molar-refractivity contribution in [2.75, 3.05) is 7.11 Å². The molecule has 0 spiro atoms. The summed E-state index contributed by atoms with van der Waals surface area (Å²) in [6.07, 6.45) is 2.51. The zero-order valence-corrected chi connectivity index (χ0v) is 9.75. The molecule has 76 valence electrons. The number of nitrogens with two attached hydrogens (primary N) is 1. The van der Waals surface area contributed by atoms with Gasteiger partial charge >= 0.3 is 0 Å². The summed E-state index contributed by atoms with van der Waals surface area (Å²) in [5.41, 5.74) is 7.30. The normalized spacial score (nSPS) is 17.9. The van der Waals surface area contributed by atoms with Gasteiger partial charge < -0.3 is 10.5 Å². The highest BCUT2D eigenvalue weighted by Gasteiger charge is 2.30. The largest absolute Gasteiger partial charge is 0.496 e. The van der Waals surface area contributed by atoms with Crippen molar-refractivity contribution >= 4 is 15.9 Å². The van der Waals surface area contributed by atoms with Crippen LogP contribution < -0.4 is 10.5 Å². The number of hydrogen-bond donors (Lipinski definition) is 1. The maximum atomic E-state index is 6.14. The van der Waals surface area contributed by atoms with Crippen molar-refractivity contribution in [3.05, 3.63) is 28.2 Å². The molecule has 1 aromatic rings. The first-order valence-corrected chi connectivity index (χ1v) is 5.61. The highest BCUT2D eigenvalue weighted by Crippen LogP contribution is 2.43. The zero-order valence-electron chi connectivity index (χ0n) is 8.16. The summed E-state index contributed by atoms with van der Waals surface area (Å²) in [5.74, 6) is 1.53. The van der Waals surface area contributed by atoms with E-state index >= 15 is 0 Å². The predicted molar refractivity (Wildman–Crippen MR) is 60.3 cm³/mol. The molecule has 2 N–H and O–H groups in total. The number of methoxy groups -OCH3 is 1. The molecular formula is C11H14BrNO. The molecule has 0 saturated heterocycles. The third-order valence-corrected chi connectivity index (χ3v) is 3.55. The van der Waals surface area contributed by atoms with Crippen molar-refractivity contribution in [3.8, 4) is 5.75 Å². The Bertz CT molecular complexity index is 336. The number of ether oxygens (including phenoxy) is 1. The molecule has 0 bridgehead atoms. The van der Waals surface area contributed by atoms with Crippen LogP contribution in [-0.4, -0.2) is 7.11 Å². The van der Waals surface area contributed by atoms with Crippen molar-refractivity contribution < 1.29 is 4.74 Å². The first-order chi connectivity index (χ1) is 6.74. The molecular weight excluding hydrogens is 242 g/mol. The predicted octanol–water partition coefficient (Wildman–Crippen LogP) is 2.87. The topological polar surface area (TPSA) is 35.2 Å². The third-order valence-electron chi connectivity index (χ3n) is 2.70. The Hall–Kier alpha value is -0.540. The van der Waals surface area contributed by atoms with E-state index in [1.54, 1.807) is 7.11 Å². The second-order valence-electron chi connectivity index (χ2n) is 3.73. The molecule has 1 aliphatic rings. The van der Waals surface area contributed by atoms with E-state index in [9.17, 15) is 0 Å². The van der Waals surface area contributed by atoms with Crippen LogP contribution in [0.15, 0.2) is 22.7 Å². The van der Waals surface area contributed by atoms with Crippen LogP contribution >= 0.6 is 15.9 Å². The Morgan fingerprint density at radius 2 is 2.21 bits per heavy atom. The first kappa shape index (κ1) is 9.99. The van der Waals surface area contributed by atoms with Gasteiger partial charge in [0.1, 0.15) is 5.75 Å². The molecule has 0 aromatic heterocycles. The lowest BCUT2D eigenvalue weighted by Gasteiger charge is -2.14. The van der Waals surface area contributed by atoms with E-state index in [2.05, 4.69) is 22.0 Å². The van der Waals surface area contributed by atoms with E-state index in [4.69, 9.17) is 10.5 Å². The van der Waals surface area contributed by atoms with Gasteiger partial charge in [0.15, 0.2) is 0 Å². The van der Waals surface area contributed by atoms with Gasteiger partial charge in [-0.1, -0.05) is 12.1 Å². The lowest BCUT2D eigenvalue weighted by molar-refractivity contribution is 0.410. The quantitative estimate of drug-likeness (QED) is 0.902. The number of halogens is 1. The van der Waals surface area contributed by atoms with Crippen LogP contribution in [0.2, 0.25) is 0 Å². The molecule has 0 unspecified atom stereocenters. The van der Waals surface area contributed by atoms with E-state index in [1.165, 1.54) is 12.8 Å². The number of hydrogen-bond acceptors (Lipinski definition) is 2. The Labute approximate surface area is 92.6 Å². The number of benzene rings is 1. The van der Waals surface area contributed by atoms with Gasteiger partial charge in [-0.2, -0.15) is 0 Å². The second kappa shape index (κ2) is 3.91. The average molecular weight is 256 g/mol. The Morgan fingerprint density at radius 1 is 1.50 bits per heavy atom. The third kappa shape index (κ3) is 1.79. The molecule has 0 aliphatic heterocycles. The minimum atomic E-state index is 0.152. The van der Waals surface area contributed by atoms with Gasteiger partial charge in [0.05, 0.1) is 11.6 Å². The van der Waals surface area contributed by atoms with E-state index in [-0.39, 0.29) is 6.04 Å². The van der Waals surface area contributed by atoms with Gasteiger partial charge in [0.25, 0.3) is 0 Å². The monoisotopic (exact) mass is 255 g/mol. The minimum Gasteiger partial charge on any atom is -0.496 e. The molecule has 0 heterocycles. The van der Waals surface area contributed by atoms with Crippen LogP contribution in [0.25, 0.3) is 0 Å². The van der Waals surface area contributed by atoms with E-state index < -0.39 is 0 Å². The second-order valence-corrected chi connectivity index (χ2v) is 4.52. The SMILES string of the molecule is COc1cccc([C@@H](N)C2CC2)c1Br. The summed E-state index contributed by atoms with van der Waals surface area (Å²) in [7, 11) is 1.67. The zero-order chi connectivity index (χ0) is 10.1. The average Bonchev–Trinajstić information content (AvgIpc) is 3.00. The van der Waals surface area contributed by atoms with Gasteiger partial charge in [0.2, 0.25) is 0 Å². The molecule has 1 fully saturated rings. The van der Waals surface area contributed by atoms with Crippen LogP contribution in [0.1, 0.15) is 24.4 Å². The standard InChI is InChI=1S/C11H14BrNO/c1-14-9-4-2-3-8(10(9)12)11(13)7-5-6-7/h2-4,7,11H,5-6,13H2,1H3/t11-/m0/s1. The van der Waals surface area contributed by atoms with E-state index in [0.717, 1.165) is 15.8 Å². The summed E-state index contributed by atoms with van der Waals surface area (Å²) in [6, 6.07) is 6.14. The molecule has 1 saturated carbocycles. The van der Waals surface area contributed by atoms with Crippen molar-refractivity contribution in [1.82, 2.24) is 0 Å². The molecule has 1 aromatic carbocycles. The molecule has 2 rings (SSSR count). The minimum absolute atomic E-state index is 0.152. The van der Waals surface area contributed by atoms with Crippen LogP contribution in [0.5, 0.6) is 5.75 Å². The maximum Gasteiger partial charge on any atom is 0.133 e. The smallest absolute Gasteiger partial charge is 0.133 e. The lowest BCUT2D eigenvalue weighted by atomic mass is 10.0. The summed E-state index contributed by atoms with van der Waals surface area (Å²) in [4.78, 5) is 0. The Balaban J connectivity index is 2.31. The fourth-order valence-corrected chi connectivity index (χ4v) is 2.34. The maximum absolute atomic E-state index is 6.14. The van der Waals surface area contributed by atoms with Crippen molar-refractivity contribution in [2.45, 2.75) is 18.9 Å². The molecule has 14 heavy (non-hydrogen) atoms. The molecule has 1 aliphatic carbocycles. The molecule has 0 amide bonds. The van der Waals surface area contributed by atoms with Gasteiger partial charge in [-0.05, 0) is 46.3 Å². The van der Waals surface area contributed by atoms with Crippen LogP contribution in [0, 0.1) is 5.92 Å². The summed E-state index contributed by atoms with van der Waals surface area (Å²) in [5, 5.41) is 0. The molecule has 2 nitrogen and oxygen atoms in total. The fraction of sp³-hybridized carbons (Fsp3) is 0.455. The molecule has 3 heteroatoms. The number of rotatable bonds is 3. The van der Waals surface area contributed by atoms with Crippen molar-refractivity contribution in [2.24, 2.45) is 11.7 Å². The van der Waals surface area contributed by atoms with Crippen LogP contribution in [-0.2, 0) is 0 Å². The molecule has 0 radical (unpaired) electrons. The summed E-state index contributed by atoms with van der Waals surface area (Å²) < 4.78 is 6.24. The van der Waals surface area contributed by atoms with Gasteiger partial charge in [-0.3, -0.25) is 0 Å². The summed E-state index contributed by atoms with van der Waals surface area (Å²) >= 11 is 3.53. The Kier molecular flexibility index (Phi) is 2.79. The van der Waals surface area contributed by atoms with Crippen molar-refractivity contribution in [3.63, 3.8) is 0 Å². The van der Waals surface area contributed by atoms with Crippen LogP contribution in [0.4, 0.5) is 0 Å². The van der Waals surface area contributed by atoms with Gasteiger partial charge in [-0.25, -0.2) is 0 Å². The van der Waals surface area contributed by atoms with Gasteiger partial charge in [0, 0.05) is 6.04 Å². The van der Waals surface area contributed by atoms with Gasteiger partial charge in [-0.15, -0.1) is 0 Å². The Morgan fingerprint density at radius 3 is 2.79 bits per heavy atom. The highest BCUT2D eigenvalue weighted by atomic mass is 79.9. The molecule has 1 atom stereocenters. The summed E-state index contributed by atoms with van der Waals surface area (Å²) in [6.45, 7) is 0. The highest BCUT2D eigenvalue weighted by molar-refractivity contribution is 9.10. The van der Waals surface area contributed by atoms with E-state index in [1.807, 2.05) is 12.1 Å². The first-order valence-electron chi connectivity index (χ1n) is 4.82. The fourth-order valence-electron chi connectivity index (χ4n) is 1.65. The van der Waals surface area contributed by atoms with E-state index in [0.29, 0.717) is 5.92 Å². The van der Waals surface area contributed by atoms with Crippen molar-refractivity contribution in [1.29, 1.82) is 0 Å².